The molecule has 1 aromatic carbocycles. The number of aromatic amines is 1. The number of rotatable bonds is 3. The smallest absolute Gasteiger partial charge is 0.130 e. The summed E-state index contributed by atoms with van der Waals surface area (Å²) < 4.78 is 5.57. The van der Waals surface area contributed by atoms with E-state index in [-0.39, 0.29) is 6.04 Å². The van der Waals surface area contributed by atoms with E-state index in [2.05, 4.69) is 57.1 Å². The second-order valence-electron chi connectivity index (χ2n) is 7.88. The van der Waals surface area contributed by atoms with E-state index in [4.69, 9.17) is 14.7 Å². The van der Waals surface area contributed by atoms with Gasteiger partial charge in [0.05, 0.1) is 30.5 Å². The zero-order valence-corrected chi connectivity index (χ0v) is 16.7. The molecule has 0 aliphatic carbocycles. The van der Waals surface area contributed by atoms with Crippen molar-refractivity contribution in [3.05, 3.63) is 54.5 Å². The van der Waals surface area contributed by atoms with Crippen LogP contribution in [0.15, 0.2) is 48.8 Å². The van der Waals surface area contributed by atoms with Gasteiger partial charge in [-0.05, 0) is 41.8 Å². The maximum absolute atomic E-state index is 5.57. The summed E-state index contributed by atoms with van der Waals surface area (Å²) in [5.41, 5.74) is 12.1. The van der Waals surface area contributed by atoms with Gasteiger partial charge in [0.25, 0.3) is 0 Å². The van der Waals surface area contributed by atoms with E-state index in [1.54, 1.807) is 0 Å². The van der Waals surface area contributed by atoms with Gasteiger partial charge in [0.2, 0.25) is 0 Å². The van der Waals surface area contributed by atoms with Gasteiger partial charge in [-0.3, -0.25) is 10.4 Å². The van der Waals surface area contributed by atoms with Crippen LogP contribution in [0.3, 0.4) is 0 Å². The zero-order chi connectivity index (χ0) is 19.9. The number of hydrazine groups is 1. The van der Waals surface area contributed by atoms with E-state index in [0.717, 1.165) is 67.2 Å². The molecule has 2 aliphatic rings. The molecule has 30 heavy (non-hydrogen) atoms. The summed E-state index contributed by atoms with van der Waals surface area (Å²) in [7, 11) is 0. The Balaban J connectivity index is 1.62. The molecule has 2 saturated heterocycles. The van der Waals surface area contributed by atoms with Gasteiger partial charge in [-0.25, -0.2) is 10.4 Å². The molecule has 0 amide bonds. The van der Waals surface area contributed by atoms with E-state index < -0.39 is 0 Å². The molecule has 4 aromatic rings. The number of pyridine rings is 2. The van der Waals surface area contributed by atoms with Crippen molar-refractivity contribution in [1.82, 2.24) is 25.8 Å². The summed E-state index contributed by atoms with van der Waals surface area (Å²) in [6.07, 6.45) is 4.91. The molecule has 152 valence electrons. The van der Waals surface area contributed by atoms with Gasteiger partial charge >= 0.3 is 0 Å². The molecule has 0 radical (unpaired) electrons. The molecule has 0 saturated carbocycles. The third-order valence-electron chi connectivity index (χ3n) is 6.13. The highest BCUT2D eigenvalue weighted by Crippen LogP contribution is 2.37. The summed E-state index contributed by atoms with van der Waals surface area (Å²) >= 11 is 0. The summed E-state index contributed by atoms with van der Waals surface area (Å²) in [5.74, 6) is 0.994. The van der Waals surface area contributed by atoms with Gasteiger partial charge in [-0.1, -0.05) is 12.1 Å². The molecular formula is C23H24N6O. The fourth-order valence-electron chi connectivity index (χ4n) is 4.60. The SMILES string of the molecule is c1cc(-c2cc(N3CCOCC3)nc3c(C4CCNN4)nccc23)c2cc[nH]c2c1. The summed E-state index contributed by atoms with van der Waals surface area (Å²) in [6.45, 7) is 4.10. The first kappa shape index (κ1) is 17.8. The van der Waals surface area contributed by atoms with Gasteiger partial charge in [0.15, 0.2) is 0 Å². The Morgan fingerprint density at radius 1 is 1.03 bits per heavy atom. The second-order valence-corrected chi connectivity index (χ2v) is 7.88. The second kappa shape index (κ2) is 7.36. The average Bonchev–Trinajstić information content (AvgIpc) is 3.50. The Bertz CT molecular complexity index is 1210. The molecule has 7 heteroatoms. The Morgan fingerprint density at radius 2 is 1.97 bits per heavy atom. The van der Waals surface area contributed by atoms with Crippen LogP contribution in [-0.4, -0.2) is 47.8 Å². The minimum Gasteiger partial charge on any atom is -0.378 e. The largest absolute Gasteiger partial charge is 0.378 e. The maximum Gasteiger partial charge on any atom is 0.130 e. The van der Waals surface area contributed by atoms with Crippen LogP contribution in [0.2, 0.25) is 0 Å². The van der Waals surface area contributed by atoms with E-state index in [0.29, 0.717) is 0 Å². The molecule has 2 fully saturated rings. The molecular weight excluding hydrogens is 376 g/mol. The van der Waals surface area contributed by atoms with Gasteiger partial charge in [0, 0.05) is 48.3 Å². The first-order chi connectivity index (χ1) is 14.9. The van der Waals surface area contributed by atoms with Crippen LogP contribution < -0.4 is 15.8 Å². The number of fused-ring (bicyclic) bond motifs is 2. The van der Waals surface area contributed by atoms with Crippen molar-refractivity contribution in [2.24, 2.45) is 0 Å². The predicted molar refractivity (Wildman–Crippen MR) is 118 cm³/mol. The highest BCUT2D eigenvalue weighted by atomic mass is 16.5. The lowest BCUT2D eigenvalue weighted by atomic mass is 9.96. The molecule has 1 unspecified atom stereocenters. The Labute approximate surface area is 174 Å². The maximum atomic E-state index is 5.57. The van der Waals surface area contributed by atoms with Crippen LogP contribution >= 0.6 is 0 Å². The number of H-pyrrole nitrogens is 1. The van der Waals surface area contributed by atoms with E-state index in [1.807, 2.05) is 12.4 Å². The number of nitrogens with one attached hydrogen (secondary N) is 3. The number of nitrogens with zero attached hydrogens (tertiary/aromatic N) is 3. The Morgan fingerprint density at radius 3 is 2.83 bits per heavy atom. The third-order valence-corrected chi connectivity index (χ3v) is 6.13. The number of benzene rings is 1. The number of hydrogen-bond acceptors (Lipinski definition) is 6. The fraction of sp³-hybridized carbons (Fsp3) is 0.304. The fourth-order valence-corrected chi connectivity index (χ4v) is 4.60. The zero-order valence-electron chi connectivity index (χ0n) is 16.7. The van der Waals surface area contributed by atoms with Crippen molar-refractivity contribution < 1.29 is 4.74 Å². The van der Waals surface area contributed by atoms with E-state index in [1.165, 1.54) is 16.5 Å². The average molecular weight is 400 g/mol. The molecule has 6 rings (SSSR count). The van der Waals surface area contributed by atoms with Crippen molar-refractivity contribution >= 4 is 27.6 Å². The molecule has 2 aliphatic heterocycles. The molecule has 0 bridgehead atoms. The van der Waals surface area contributed by atoms with Gasteiger partial charge in [0.1, 0.15) is 5.82 Å². The minimum atomic E-state index is 0.164. The Kier molecular flexibility index (Phi) is 4.37. The van der Waals surface area contributed by atoms with Gasteiger partial charge in [-0.15, -0.1) is 0 Å². The standard InChI is InChI=1S/C23H24N6O/c1-2-15(16-4-7-24-19(16)3-1)18-14-21(29-10-12-30-13-11-29)27-22-17(18)5-8-25-23(22)20-6-9-26-28-20/h1-5,7-8,14,20,24,26,28H,6,9-13H2. The first-order valence-corrected chi connectivity index (χ1v) is 10.6. The minimum absolute atomic E-state index is 0.164. The number of morpholine rings is 1. The van der Waals surface area contributed by atoms with Crippen molar-refractivity contribution in [3.8, 4) is 11.1 Å². The lowest BCUT2D eigenvalue weighted by Gasteiger charge is -2.29. The van der Waals surface area contributed by atoms with Crippen molar-refractivity contribution in [2.45, 2.75) is 12.5 Å². The third kappa shape index (κ3) is 2.94. The van der Waals surface area contributed by atoms with Crippen molar-refractivity contribution in [3.63, 3.8) is 0 Å². The lowest BCUT2D eigenvalue weighted by molar-refractivity contribution is 0.122. The van der Waals surface area contributed by atoms with Crippen molar-refractivity contribution in [1.29, 1.82) is 0 Å². The van der Waals surface area contributed by atoms with Gasteiger partial charge in [-0.2, -0.15) is 0 Å². The highest BCUT2D eigenvalue weighted by Gasteiger charge is 2.24. The molecule has 3 N–H and O–H groups in total. The monoisotopic (exact) mass is 400 g/mol. The molecule has 3 aromatic heterocycles. The summed E-state index contributed by atoms with van der Waals surface area (Å²) in [5, 5.41) is 2.36. The highest BCUT2D eigenvalue weighted by molar-refractivity contribution is 6.05. The predicted octanol–water partition coefficient (Wildman–Crippen LogP) is 3.15. The number of anilines is 1. The quantitative estimate of drug-likeness (QED) is 0.490. The first-order valence-electron chi connectivity index (χ1n) is 10.6. The normalized spacial score (nSPS) is 19.7. The number of aromatic nitrogens is 3. The van der Waals surface area contributed by atoms with Crippen molar-refractivity contribution in [2.75, 3.05) is 37.7 Å². The molecule has 1 atom stereocenters. The number of hydrogen-bond donors (Lipinski definition) is 3. The van der Waals surface area contributed by atoms with Crippen LogP contribution in [0.5, 0.6) is 0 Å². The summed E-state index contributed by atoms with van der Waals surface area (Å²) in [6, 6.07) is 13.1. The number of ether oxygens (including phenoxy) is 1. The molecule has 7 nitrogen and oxygen atoms in total. The molecule has 0 spiro atoms. The Hall–Kier alpha value is -3.00. The topological polar surface area (TPSA) is 78.1 Å². The van der Waals surface area contributed by atoms with E-state index >= 15 is 0 Å². The van der Waals surface area contributed by atoms with Crippen LogP contribution in [0.25, 0.3) is 32.9 Å². The summed E-state index contributed by atoms with van der Waals surface area (Å²) in [4.78, 5) is 15.5. The lowest BCUT2D eigenvalue weighted by Crippen LogP contribution is -2.36. The van der Waals surface area contributed by atoms with Crippen LogP contribution in [-0.2, 0) is 4.74 Å². The van der Waals surface area contributed by atoms with Crippen LogP contribution in [0, 0.1) is 0 Å². The molecule has 5 heterocycles. The van der Waals surface area contributed by atoms with Crippen LogP contribution in [0.4, 0.5) is 5.82 Å². The van der Waals surface area contributed by atoms with E-state index in [9.17, 15) is 0 Å². The van der Waals surface area contributed by atoms with Gasteiger partial charge < -0.3 is 14.6 Å². The van der Waals surface area contributed by atoms with Crippen LogP contribution in [0.1, 0.15) is 18.2 Å².